The first-order valence-corrected chi connectivity index (χ1v) is 11.2. The van der Waals surface area contributed by atoms with Gasteiger partial charge in [0.05, 0.1) is 27.4 Å². The van der Waals surface area contributed by atoms with Crippen molar-refractivity contribution in [1.29, 1.82) is 0 Å². The quantitative estimate of drug-likeness (QED) is 0.522. The van der Waals surface area contributed by atoms with E-state index in [0.29, 0.717) is 23.7 Å². The van der Waals surface area contributed by atoms with Crippen molar-refractivity contribution in [1.82, 2.24) is 0 Å². The molecular weight excluding hydrogens is 414 g/mol. The number of hydrogen-bond donors (Lipinski definition) is 1. The second-order valence-corrected chi connectivity index (χ2v) is 9.54. The normalized spacial score (nSPS) is 18.9. The van der Waals surface area contributed by atoms with E-state index in [2.05, 4.69) is 49.5 Å². The minimum atomic E-state index is -0.341. The summed E-state index contributed by atoms with van der Waals surface area (Å²) in [5.41, 5.74) is 4.87. The van der Waals surface area contributed by atoms with E-state index < -0.39 is 0 Å². The first kappa shape index (κ1) is 21.4. The van der Waals surface area contributed by atoms with Crippen LogP contribution in [0, 0.1) is 5.41 Å². The van der Waals surface area contributed by atoms with Crippen LogP contribution in [0.5, 0.6) is 17.2 Å². The average Bonchev–Trinajstić information content (AvgIpc) is 2.81. The van der Waals surface area contributed by atoms with Gasteiger partial charge in [0, 0.05) is 28.8 Å². The Balaban J connectivity index is 1.80. The van der Waals surface area contributed by atoms with E-state index in [4.69, 9.17) is 14.2 Å². The summed E-state index contributed by atoms with van der Waals surface area (Å²) >= 11 is 0. The second-order valence-electron chi connectivity index (χ2n) is 9.54. The zero-order chi connectivity index (χ0) is 23.3. The van der Waals surface area contributed by atoms with Crippen molar-refractivity contribution >= 4 is 27.8 Å². The molecule has 0 aromatic heterocycles. The van der Waals surface area contributed by atoms with Gasteiger partial charge in [0.2, 0.25) is 5.75 Å². The van der Waals surface area contributed by atoms with Crippen LogP contribution in [-0.2, 0) is 4.79 Å². The average molecular weight is 444 g/mol. The molecule has 33 heavy (non-hydrogen) atoms. The topological polar surface area (TPSA) is 56.8 Å². The zero-order valence-electron chi connectivity index (χ0n) is 19.7. The van der Waals surface area contributed by atoms with Gasteiger partial charge in [-0.05, 0) is 46.4 Å². The van der Waals surface area contributed by atoms with Crippen LogP contribution >= 0.6 is 0 Å². The van der Waals surface area contributed by atoms with Crippen LogP contribution in [0.1, 0.15) is 43.9 Å². The van der Waals surface area contributed by atoms with Crippen LogP contribution < -0.4 is 19.5 Å². The maximum Gasteiger partial charge on any atom is 0.203 e. The molecule has 0 bridgehead atoms. The van der Waals surface area contributed by atoms with Gasteiger partial charge < -0.3 is 19.5 Å². The third-order valence-corrected chi connectivity index (χ3v) is 6.78. The van der Waals surface area contributed by atoms with E-state index in [1.54, 1.807) is 21.3 Å². The molecule has 5 heteroatoms. The summed E-state index contributed by atoms with van der Waals surface area (Å²) in [5.74, 6) is 1.86. The summed E-state index contributed by atoms with van der Waals surface area (Å²) in [7, 11) is 4.82. The predicted molar refractivity (Wildman–Crippen MR) is 131 cm³/mol. The van der Waals surface area contributed by atoms with Gasteiger partial charge in [-0.25, -0.2) is 0 Å². The van der Waals surface area contributed by atoms with Crippen LogP contribution in [0.4, 0.5) is 5.69 Å². The number of fused-ring (bicyclic) bond motifs is 4. The van der Waals surface area contributed by atoms with Gasteiger partial charge in [-0.3, -0.25) is 4.79 Å². The summed E-state index contributed by atoms with van der Waals surface area (Å²) in [6.07, 6.45) is 1.35. The molecule has 1 heterocycles. The van der Waals surface area contributed by atoms with Crippen LogP contribution in [0.15, 0.2) is 54.1 Å². The van der Waals surface area contributed by atoms with Crippen molar-refractivity contribution in [3.8, 4) is 17.2 Å². The predicted octanol–water partition coefficient (Wildman–Crippen LogP) is 6.18. The molecule has 0 fully saturated rings. The largest absolute Gasteiger partial charge is 0.493 e. The van der Waals surface area contributed by atoms with Crippen molar-refractivity contribution in [2.75, 3.05) is 26.6 Å². The highest BCUT2D eigenvalue weighted by molar-refractivity contribution is 6.13. The molecule has 170 valence electrons. The van der Waals surface area contributed by atoms with Crippen LogP contribution in [-0.4, -0.2) is 27.1 Å². The fourth-order valence-corrected chi connectivity index (χ4v) is 5.42. The van der Waals surface area contributed by atoms with Crippen LogP contribution in [0.3, 0.4) is 0 Å². The maximum atomic E-state index is 13.7. The van der Waals surface area contributed by atoms with Crippen molar-refractivity contribution in [3.63, 3.8) is 0 Å². The Morgan fingerprint density at radius 1 is 0.879 bits per heavy atom. The summed E-state index contributed by atoms with van der Waals surface area (Å²) < 4.78 is 16.9. The second kappa shape index (κ2) is 7.84. The molecular formula is C28H29NO4. The number of Topliss-reactive ketones (excluding diaryl/α,β-unsaturated/α-hetero) is 1. The smallest absolute Gasteiger partial charge is 0.203 e. The molecule has 0 radical (unpaired) electrons. The van der Waals surface area contributed by atoms with Crippen molar-refractivity contribution in [2.45, 2.75) is 32.7 Å². The first-order valence-electron chi connectivity index (χ1n) is 11.2. The number of rotatable bonds is 4. The molecule has 0 unspecified atom stereocenters. The highest BCUT2D eigenvalue weighted by atomic mass is 16.5. The number of benzene rings is 3. The van der Waals surface area contributed by atoms with Crippen LogP contribution in [0.2, 0.25) is 0 Å². The van der Waals surface area contributed by atoms with Crippen molar-refractivity contribution in [2.24, 2.45) is 5.41 Å². The van der Waals surface area contributed by atoms with E-state index in [-0.39, 0.29) is 17.2 Å². The number of ketones is 1. The number of allylic oxidation sites excluding steroid dienone is 1. The Bertz CT molecular complexity index is 1300. The molecule has 0 saturated heterocycles. The molecule has 5 nitrogen and oxygen atoms in total. The molecule has 1 atom stereocenters. The Morgan fingerprint density at radius 2 is 1.64 bits per heavy atom. The molecule has 1 aliphatic heterocycles. The molecule has 0 spiro atoms. The molecule has 5 rings (SSSR count). The third-order valence-electron chi connectivity index (χ3n) is 6.78. The first-order chi connectivity index (χ1) is 15.9. The lowest BCUT2D eigenvalue weighted by atomic mass is 9.67. The Morgan fingerprint density at radius 3 is 2.36 bits per heavy atom. The Hall–Kier alpha value is -3.47. The minimum absolute atomic E-state index is 0.103. The zero-order valence-corrected chi connectivity index (χ0v) is 19.7. The van der Waals surface area contributed by atoms with Gasteiger partial charge >= 0.3 is 0 Å². The summed E-state index contributed by atoms with van der Waals surface area (Å²) in [5, 5.41) is 6.01. The molecule has 1 aliphatic carbocycles. The lowest BCUT2D eigenvalue weighted by molar-refractivity contribution is -0.118. The van der Waals surface area contributed by atoms with E-state index >= 15 is 0 Å². The summed E-state index contributed by atoms with van der Waals surface area (Å²) in [6.45, 7) is 4.35. The molecule has 2 aliphatic rings. The highest BCUT2D eigenvalue weighted by Crippen LogP contribution is 2.54. The standard InChI is InChI=1S/C28H29NO4/c1-28(2)14-19-23-17-9-7-6-8-16(17)10-12-20(23)29-25(24(19)21(30)15-28)18-11-13-22(31-3)27(33-5)26(18)32-4/h6-13,25,29H,14-15H2,1-5H3/t25-/m1/s1. The number of anilines is 1. The van der Waals surface area contributed by atoms with Gasteiger partial charge in [-0.1, -0.05) is 44.2 Å². The van der Waals surface area contributed by atoms with Gasteiger partial charge in [-0.15, -0.1) is 0 Å². The number of carbonyl (C=O) groups is 1. The third kappa shape index (κ3) is 3.34. The van der Waals surface area contributed by atoms with E-state index in [1.165, 1.54) is 10.8 Å². The lowest BCUT2D eigenvalue weighted by Gasteiger charge is -2.40. The van der Waals surface area contributed by atoms with E-state index in [1.807, 2.05) is 18.2 Å². The number of ether oxygens (including phenoxy) is 3. The lowest BCUT2D eigenvalue weighted by Crippen LogP contribution is -2.33. The highest BCUT2D eigenvalue weighted by Gasteiger charge is 2.42. The molecule has 1 N–H and O–H groups in total. The van der Waals surface area contributed by atoms with Gasteiger partial charge in [0.25, 0.3) is 0 Å². The fraction of sp³-hybridized carbons (Fsp3) is 0.321. The SMILES string of the molecule is COc1ccc([C@H]2Nc3ccc4ccccc4c3C3=C2C(=O)CC(C)(C)C3)c(OC)c1OC. The fourth-order valence-electron chi connectivity index (χ4n) is 5.42. The molecule has 0 amide bonds. The van der Waals surface area contributed by atoms with Gasteiger partial charge in [0.15, 0.2) is 17.3 Å². The maximum absolute atomic E-state index is 13.7. The number of carbonyl (C=O) groups excluding carboxylic acids is 1. The Labute approximate surface area is 194 Å². The minimum Gasteiger partial charge on any atom is -0.493 e. The van der Waals surface area contributed by atoms with Gasteiger partial charge in [-0.2, -0.15) is 0 Å². The van der Waals surface area contributed by atoms with Crippen molar-refractivity contribution < 1.29 is 19.0 Å². The molecule has 3 aromatic rings. The van der Waals surface area contributed by atoms with E-state index in [0.717, 1.165) is 34.4 Å². The molecule has 3 aromatic carbocycles. The Kier molecular flexibility index (Phi) is 5.08. The number of methoxy groups -OCH3 is 3. The van der Waals surface area contributed by atoms with E-state index in [9.17, 15) is 4.79 Å². The summed E-state index contributed by atoms with van der Waals surface area (Å²) in [4.78, 5) is 13.7. The molecule has 0 saturated carbocycles. The van der Waals surface area contributed by atoms with Crippen molar-refractivity contribution in [3.05, 3.63) is 65.2 Å². The number of hydrogen-bond acceptors (Lipinski definition) is 5. The summed E-state index contributed by atoms with van der Waals surface area (Å²) in [6, 6.07) is 16.1. The van der Waals surface area contributed by atoms with Gasteiger partial charge in [0.1, 0.15) is 0 Å². The number of nitrogens with one attached hydrogen (secondary N) is 1. The van der Waals surface area contributed by atoms with Crippen LogP contribution in [0.25, 0.3) is 16.3 Å². The monoisotopic (exact) mass is 443 g/mol.